The van der Waals surface area contributed by atoms with E-state index in [1.807, 2.05) is 19.9 Å². The molecule has 0 bridgehead atoms. The van der Waals surface area contributed by atoms with Crippen molar-refractivity contribution in [1.29, 1.82) is 0 Å². The van der Waals surface area contributed by atoms with Crippen LogP contribution in [0, 0.1) is 4.91 Å². The van der Waals surface area contributed by atoms with Crippen molar-refractivity contribution < 1.29 is 4.79 Å². The Morgan fingerprint density at radius 1 is 1.25 bits per heavy atom. The molecule has 1 amide bonds. The molecule has 0 saturated carbocycles. The maximum absolute atomic E-state index is 12.0. The van der Waals surface area contributed by atoms with Crippen molar-refractivity contribution in [2.75, 3.05) is 13.1 Å². The largest absolute Gasteiger partial charge is 0.341 e. The fourth-order valence-electron chi connectivity index (χ4n) is 1.59. The number of carbonyl (C=O) groups excluding carboxylic acids is 1. The van der Waals surface area contributed by atoms with Gasteiger partial charge in [0, 0.05) is 13.1 Å². The second-order valence-electron chi connectivity index (χ2n) is 3.43. The molecule has 4 heteroatoms. The summed E-state index contributed by atoms with van der Waals surface area (Å²) in [5.41, 5.74) is 0.648. The number of likely N-dealkylation sites (N-methyl/N-ethyl adjacent to an activating group) is 1. The Hall–Kier alpha value is -1.71. The summed E-state index contributed by atoms with van der Waals surface area (Å²) in [6.07, 6.45) is 0. The zero-order chi connectivity index (χ0) is 12.0. The molecule has 0 aliphatic rings. The lowest BCUT2D eigenvalue weighted by Crippen LogP contribution is -2.34. The van der Waals surface area contributed by atoms with Crippen LogP contribution in [0.15, 0.2) is 35.5 Å². The van der Waals surface area contributed by atoms with Crippen LogP contribution in [-0.2, 0) is 4.79 Å². The number of carbonyl (C=O) groups is 1. The molecule has 1 aromatic rings. The van der Waals surface area contributed by atoms with Crippen LogP contribution in [0.3, 0.4) is 0 Å². The smallest absolute Gasteiger partial charge is 0.255 e. The second kappa shape index (κ2) is 6.00. The molecule has 0 aromatic heterocycles. The van der Waals surface area contributed by atoms with Crippen LogP contribution >= 0.6 is 0 Å². The van der Waals surface area contributed by atoms with Crippen LogP contribution in [0.4, 0.5) is 0 Å². The Labute approximate surface area is 95.2 Å². The van der Waals surface area contributed by atoms with Gasteiger partial charge >= 0.3 is 0 Å². The Morgan fingerprint density at radius 3 is 2.25 bits per heavy atom. The fourth-order valence-corrected chi connectivity index (χ4v) is 1.59. The molecule has 0 N–H and O–H groups in total. The molecule has 0 spiro atoms. The van der Waals surface area contributed by atoms with Crippen molar-refractivity contribution in [2.24, 2.45) is 5.18 Å². The fraction of sp³-hybridized carbons (Fsp3) is 0.417. The lowest BCUT2D eigenvalue weighted by molar-refractivity contribution is -0.132. The molecule has 1 aromatic carbocycles. The van der Waals surface area contributed by atoms with Crippen LogP contribution in [-0.4, -0.2) is 23.9 Å². The summed E-state index contributed by atoms with van der Waals surface area (Å²) in [5, 5.41) is 2.93. The molecule has 1 unspecified atom stereocenters. The Balaban J connectivity index is 2.91. The first-order chi connectivity index (χ1) is 7.74. The third kappa shape index (κ3) is 2.66. The summed E-state index contributed by atoms with van der Waals surface area (Å²) < 4.78 is 0. The molecule has 0 heterocycles. The van der Waals surface area contributed by atoms with Gasteiger partial charge in [0.2, 0.25) is 0 Å². The SMILES string of the molecule is CCN(CC)C(=O)C(N=O)c1ccccc1. The molecule has 1 rings (SSSR count). The number of rotatable bonds is 5. The Kier molecular flexibility index (Phi) is 4.64. The summed E-state index contributed by atoms with van der Waals surface area (Å²) >= 11 is 0. The lowest BCUT2D eigenvalue weighted by atomic mass is 10.1. The third-order valence-corrected chi connectivity index (χ3v) is 2.53. The van der Waals surface area contributed by atoms with Crippen molar-refractivity contribution >= 4 is 5.91 Å². The van der Waals surface area contributed by atoms with Crippen LogP contribution in [0.1, 0.15) is 25.5 Å². The van der Waals surface area contributed by atoms with E-state index in [9.17, 15) is 9.70 Å². The van der Waals surface area contributed by atoms with Gasteiger partial charge in [0.25, 0.3) is 5.91 Å². The van der Waals surface area contributed by atoms with Crippen LogP contribution in [0.5, 0.6) is 0 Å². The zero-order valence-electron chi connectivity index (χ0n) is 9.59. The molecule has 0 radical (unpaired) electrons. The maximum atomic E-state index is 12.0. The molecular formula is C12H16N2O2. The van der Waals surface area contributed by atoms with Gasteiger partial charge in [0.05, 0.1) is 0 Å². The van der Waals surface area contributed by atoms with E-state index in [-0.39, 0.29) is 5.91 Å². The lowest BCUT2D eigenvalue weighted by Gasteiger charge is -2.21. The van der Waals surface area contributed by atoms with Gasteiger partial charge in [0.15, 0.2) is 6.04 Å². The van der Waals surface area contributed by atoms with Gasteiger partial charge in [-0.15, -0.1) is 4.91 Å². The number of benzene rings is 1. The van der Waals surface area contributed by atoms with Gasteiger partial charge in [-0.2, -0.15) is 0 Å². The Bertz CT molecular complexity index is 347. The van der Waals surface area contributed by atoms with Gasteiger partial charge in [0.1, 0.15) is 0 Å². The van der Waals surface area contributed by atoms with Crippen LogP contribution < -0.4 is 0 Å². The zero-order valence-corrected chi connectivity index (χ0v) is 9.59. The van der Waals surface area contributed by atoms with Crippen LogP contribution in [0.2, 0.25) is 0 Å². The molecule has 0 saturated heterocycles. The van der Waals surface area contributed by atoms with E-state index in [1.165, 1.54) is 0 Å². The highest BCUT2D eigenvalue weighted by Crippen LogP contribution is 2.19. The number of amides is 1. The standard InChI is InChI=1S/C12H16N2O2/c1-3-14(4-2)12(15)11(13-16)10-8-6-5-7-9-10/h5-9,11H,3-4H2,1-2H3. The topological polar surface area (TPSA) is 49.7 Å². The van der Waals surface area contributed by atoms with E-state index < -0.39 is 6.04 Å². The molecular weight excluding hydrogens is 204 g/mol. The molecule has 0 aliphatic heterocycles. The Morgan fingerprint density at radius 2 is 1.81 bits per heavy atom. The van der Waals surface area contributed by atoms with Crippen LogP contribution in [0.25, 0.3) is 0 Å². The van der Waals surface area contributed by atoms with E-state index in [4.69, 9.17) is 0 Å². The van der Waals surface area contributed by atoms with Crippen molar-refractivity contribution in [3.05, 3.63) is 40.8 Å². The van der Waals surface area contributed by atoms with E-state index in [1.54, 1.807) is 29.2 Å². The first-order valence-corrected chi connectivity index (χ1v) is 5.40. The summed E-state index contributed by atoms with van der Waals surface area (Å²) in [5.74, 6) is -0.230. The summed E-state index contributed by atoms with van der Waals surface area (Å²) in [4.78, 5) is 24.4. The van der Waals surface area contributed by atoms with Crippen molar-refractivity contribution in [3.63, 3.8) is 0 Å². The molecule has 1 atom stereocenters. The summed E-state index contributed by atoms with van der Waals surface area (Å²) in [6, 6.07) is 8.00. The number of nitrogens with zero attached hydrogens (tertiary/aromatic N) is 2. The predicted octanol–water partition coefficient (Wildman–Crippen LogP) is 2.36. The molecule has 0 aliphatic carbocycles. The number of hydrogen-bond acceptors (Lipinski definition) is 3. The highest BCUT2D eigenvalue weighted by atomic mass is 16.3. The highest BCUT2D eigenvalue weighted by Gasteiger charge is 2.24. The second-order valence-corrected chi connectivity index (χ2v) is 3.43. The minimum atomic E-state index is -0.916. The molecule has 4 nitrogen and oxygen atoms in total. The monoisotopic (exact) mass is 220 g/mol. The maximum Gasteiger partial charge on any atom is 0.255 e. The van der Waals surface area contributed by atoms with Gasteiger partial charge in [-0.05, 0) is 19.4 Å². The number of nitroso groups, excluding NO2 is 1. The van der Waals surface area contributed by atoms with Gasteiger partial charge in [-0.25, -0.2) is 0 Å². The third-order valence-electron chi connectivity index (χ3n) is 2.53. The normalized spacial score (nSPS) is 11.9. The average molecular weight is 220 g/mol. The van der Waals surface area contributed by atoms with Crippen molar-refractivity contribution in [2.45, 2.75) is 19.9 Å². The summed E-state index contributed by atoms with van der Waals surface area (Å²) in [7, 11) is 0. The van der Waals surface area contributed by atoms with E-state index in [0.717, 1.165) is 0 Å². The average Bonchev–Trinajstić information content (AvgIpc) is 2.33. The quantitative estimate of drug-likeness (QED) is 0.715. The molecule has 16 heavy (non-hydrogen) atoms. The minimum Gasteiger partial charge on any atom is -0.341 e. The van der Waals surface area contributed by atoms with Crippen molar-refractivity contribution in [3.8, 4) is 0 Å². The molecule has 0 fully saturated rings. The summed E-state index contributed by atoms with van der Waals surface area (Å²) in [6.45, 7) is 4.95. The van der Waals surface area contributed by atoms with E-state index in [2.05, 4.69) is 5.18 Å². The van der Waals surface area contributed by atoms with Gasteiger partial charge in [-0.3, -0.25) is 4.79 Å². The van der Waals surface area contributed by atoms with Gasteiger partial charge < -0.3 is 4.90 Å². The first-order valence-electron chi connectivity index (χ1n) is 5.40. The predicted molar refractivity (Wildman–Crippen MR) is 62.9 cm³/mol. The number of hydrogen-bond donors (Lipinski definition) is 0. The molecule has 86 valence electrons. The minimum absolute atomic E-state index is 0.230. The van der Waals surface area contributed by atoms with E-state index in [0.29, 0.717) is 18.7 Å². The highest BCUT2D eigenvalue weighted by molar-refractivity contribution is 5.83. The van der Waals surface area contributed by atoms with Gasteiger partial charge in [-0.1, -0.05) is 35.5 Å². The van der Waals surface area contributed by atoms with E-state index >= 15 is 0 Å². The first kappa shape index (κ1) is 12.4. The van der Waals surface area contributed by atoms with Crippen molar-refractivity contribution in [1.82, 2.24) is 4.90 Å².